The highest BCUT2D eigenvalue weighted by Gasteiger charge is 2.19. The van der Waals surface area contributed by atoms with Crippen molar-refractivity contribution in [2.75, 3.05) is 6.54 Å². The lowest BCUT2D eigenvalue weighted by Crippen LogP contribution is -2.36. The van der Waals surface area contributed by atoms with Crippen molar-refractivity contribution in [3.05, 3.63) is 42.1 Å². The van der Waals surface area contributed by atoms with Gasteiger partial charge in [0, 0.05) is 24.0 Å². The normalized spacial score (nSPS) is 14.9. The number of nitrogens with zero attached hydrogens (tertiary/aromatic N) is 1. The Morgan fingerprint density at radius 2 is 2.00 bits per heavy atom. The molecule has 3 heteroatoms. The van der Waals surface area contributed by atoms with Crippen molar-refractivity contribution in [3.63, 3.8) is 0 Å². The zero-order valence-electron chi connectivity index (χ0n) is 9.35. The molecular formula is C13H16N2O. The van der Waals surface area contributed by atoms with E-state index >= 15 is 0 Å². The Morgan fingerprint density at radius 1 is 1.25 bits per heavy atom. The van der Waals surface area contributed by atoms with E-state index in [0.717, 1.165) is 16.6 Å². The van der Waals surface area contributed by atoms with Crippen molar-refractivity contribution < 1.29 is 5.11 Å². The quantitative estimate of drug-likeness (QED) is 0.817. The topological polar surface area (TPSA) is 59.1 Å². The van der Waals surface area contributed by atoms with Crippen molar-refractivity contribution >= 4 is 10.9 Å². The molecule has 1 aromatic heterocycles. The van der Waals surface area contributed by atoms with Gasteiger partial charge in [0.15, 0.2) is 0 Å². The zero-order valence-corrected chi connectivity index (χ0v) is 9.35. The predicted molar refractivity (Wildman–Crippen MR) is 65.1 cm³/mol. The second-order valence-electron chi connectivity index (χ2n) is 4.37. The number of aromatic nitrogens is 1. The number of nitrogens with two attached hydrogens (primary N) is 1. The highest BCUT2D eigenvalue weighted by Crippen LogP contribution is 2.15. The Bertz CT molecular complexity index is 494. The molecule has 3 N–H and O–H groups in total. The second-order valence-corrected chi connectivity index (χ2v) is 4.37. The molecule has 0 aliphatic rings. The van der Waals surface area contributed by atoms with Crippen molar-refractivity contribution in [1.82, 2.24) is 4.98 Å². The van der Waals surface area contributed by atoms with Crippen LogP contribution < -0.4 is 5.73 Å². The maximum Gasteiger partial charge on any atom is 0.0796 e. The summed E-state index contributed by atoms with van der Waals surface area (Å²) in [7, 11) is 0. The number of benzene rings is 1. The molecule has 0 saturated carbocycles. The lowest BCUT2D eigenvalue weighted by molar-refractivity contribution is 0.0687. The first kappa shape index (κ1) is 11.0. The van der Waals surface area contributed by atoms with Crippen molar-refractivity contribution in [1.29, 1.82) is 0 Å². The Balaban J connectivity index is 2.33. The van der Waals surface area contributed by atoms with Gasteiger partial charge in [-0.25, -0.2) is 0 Å². The summed E-state index contributed by atoms with van der Waals surface area (Å²) < 4.78 is 0. The van der Waals surface area contributed by atoms with Crippen LogP contribution in [0.2, 0.25) is 0 Å². The summed E-state index contributed by atoms with van der Waals surface area (Å²) in [5.41, 5.74) is 6.43. The molecule has 2 aromatic rings. The molecule has 0 amide bonds. The summed E-state index contributed by atoms with van der Waals surface area (Å²) in [5, 5.41) is 11.0. The fraction of sp³-hybridized carbons (Fsp3) is 0.308. The van der Waals surface area contributed by atoms with Crippen LogP contribution in [0, 0.1) is 0 Å². The number of hydrogen-bond donors (Lipinski definition) is 2. The fourth-order valence-corrected chi connectivity index (χ4v) is 1.67. The van der Waals surface area contributed by atoms with Crippen LogP contribution in [0.1, 0.15) is 12.6 Å². The third-order valence-electron chi connectivity index (χ3n) is 2.66. The number of rotatable bonds is 3. The molecule has 1 unspecified atom stereocenters. The van der Waals surface area contributed by atoms with Crippen LogP contribution in [0.25, 0.3) is 10.9 Å². The minimum absolute atomic E-state index is 0.238. The van der Waals surface area contributed by atoms with Crippen LogP contribution in [0.4, 0.5) is 0 Å². The first-order chi connectivity index (χ1) is 7.61. The van der Waals surface area contributed by atoms with Gasteiger partial charge in [-0.3, -0.25) is 4.98 Å². The summed E-state index contributed by atoms with van der Waals surface area (Å²) in [4.78, 5) is 4.49. The van der Waals surface area contributed by atoms with Gasteiger partial charge >= 0.3 is 0 Å². The smallest absolute Gasteiger partial charge is 0.0796 e. The highest BCUT2D eigenvalue weighted by atomic mass is 16.3. The first-order valence-electron chi connectivity index (χ1n) is 5.38. The molecule has 84 valence electrons. The van der Waals surface area contributed by atoms with E-state index in [9.17, 15) is 5.11 Å². The van der Waals surface area contributed by atoms with E-state index < -0.39 is 5.60 Å². The number of pyridine rings is 1. The minimum atomic E-state index is -0.880. The third kappa shape index (κ3) is 2.38. The summed E-state index contributed by atoms with van der Waals surface area (Å²) in [6.07, 6.45) is 0.480. The maximum absolute atomic E-state index is 9.88. The minimum Gasteiger partial charge on any atom is -0.388 e. The van der Waals surface area contributed by atoms with Crippen LogP contribution in [-0.4, -0.2) is 22.2 Å². The largest absolute Gasteiger partial charge is 0.388 e. The third-order valence-corrected chi connectivity index (χ3v) is 2.66. The Kier molecular flexibility index (Phi) is 2.90. The maximum atomic E-state index is 9.88. The molecule has 0 saturated heterocycles. The SMILES string of the molecule is CC(O)(CN)Cc1ccc2ccccc2n1. The molecule has 1 heterocycles. The van der Waals surface area contributed by atoms with Crippen molar-refractivity contribution in [2.24, 2.45) is 5.73 Å². The Morgan fingerprint density at radius 3 is 2.75 bits per heavy atom. The molecule has 0 spiro atoms. The van der Waals surface area contributed by atoms with Gasteiger partial charge in [0.25, 0.3) is 0 Å². The van der Waals surface area contributed by atoms with Gasteiger partial charge in [0.2, 0.25) is 0 Å². The number of hydrogen-bond acceptors (Lipinski definition) is 3. The number of fused-ring (bicyclic) bond motifs is 1. The molecular weight excluding hydrogens is 200 g/mol. The van der Waals surface area contributed by atoms with Crippen molar-refractivity contribution in [3.8, 4) is 0 Å². The summed E-state index contributed by atoms with van der Waals surface area (Å²) in [6.45, 7) is 1.96. The standard InChI is InChI=1S/C13H16N2O/c1-13(16,9-14)8-11-7-6-10-4-2-3-5-12(10)15-11/h2-7,16H,8-9,14H2,1H3. The van der Waals surface area contributed by atoms with Gasteiger partial charge < -0.3 is 10.8 Å². The molecule has 3 nitrogen and oxygen atoms in total. The van der Waals surface area contributed by atoms with Gasteiger partial charge in [0.1, 0.15) is 0 Å². The van der Waals surface area contributed by atoms with E-state index in [1.54, 1.807) is 6.92 Å². The van der Waals surface area contributed by atoms with E-state index in [4.69, 9.17) is 5.73 Å². The molecule has 16 heavy (non-hydrogen) atoms. The van der Waals surface area contributed by atoms with E-state index in [1.807, 2.05) is 36.4 Å². The van der Waals surface area contributed by atoms with Gasteiger partial charge in [-0.15, -0.1) is 0 Å². The van der Waals surface area contributed by atoms with Crippen LogP contribution in [0.5, 0.6) is 0 Å². The summed E-state index contributed by atoms with van der Waals surface area (Å²) >= 11 is 0. The van der Waals surface area contributed by atoms with Crippen LogP contribution >= 0.6 is 0 Å². The highest BCUT2D eigenvalue weighted by molar-refractivity contribution is 5.78. The molecule has 1 atom stereocenters. The molecule has 1 aromatic carbocycles. The summed E-state index contributed by atoms with van der Waals surface area (Å²) in [6, 6.07) is 11.9. The van der Waals surface area contributed by atoms with Crippen molar-refractivity contribution in [2.45, 2.75) is 18.9 Å². The number of para-hydroxylation sites is 1. The molecule has 0 bridgehead atoms. The van der Waals surface area contributed by atoms with E-state index in [1.165, 1.54) is 0 Å². The van der Waals surface area contributed by atoms with Gasteiger partial charge in [0.05, 0.1) is 11.1 Å². The molecule has 0 aliphatic carbocycles. The monoisotopic (exact) mass is 216 g/mol. The van der Waals surface area contributed by atoms with Gasteiger partial charge in [-0.1, -0.05) is 24.3 Å². The molecule has 2 rings (SSSR count). The average molecular weight is 216 g/mol. The lowest BCUT2D eigenvalue weighted by Gasteiger charge is -2.20. The van der Waals surface area contributed by atoms with Crippen LogP contribution in [0.3, 0.4) is 0 Å². The zero-order chi connectivity index (χ0) is 11.6. The Labute approximate surface area is 94.9 Å². The predicted octanol–water partition coefficient (Wildman–Crippen LogP) is 1.49. The first-order valence-corrected chi connectivity index (χ1v) is 5.38. The van der Waals surface area contributed by atoms with Crippen LogP contribution in [-0.2, 0) is 6.42 Å². The molecule has 0 radical (unpaired) electrons. The van der Waals surface area contributed by atoms with Crippen LogP contribution in [0.15, 0.2) is 36.4 Å². The second kappa shape index (κ2) is 4.20. The van der Waals surface area contributed by atoms with Gasteiger partial charge in [-0.05, 0) is 19.1 Å². The average Bonchev–Trinajstić information content (AvgIpc) is 2.28. The van der Waals surface area contributed by atoms with E-state index in [0.29, 0.717) is 6.42 Å². The lowest BCUT2D eigenvalue weighted by atomic mass is 10.00. The van der Waals surface area contributed by atoms with Gasteiger partial charge in [-0.2, -0.15) is 0 Å². The molecule has 0 aliphatic heterocycles. The van der Waals surface area contributed by atoms with E-state index in [-0.39, 0.29) is 6.54 Å². The molecule has 0 fully saturated rings. The van der Waals surface area contributed by atoms with E-state index in [2.05, 4.69) is 4.98 Å². The Hall–Kier alpha value is -1.45. The summed E-state index contributed by atoms with van der Waals surface area (Å²) in [5.74, 6) is 0. The number of aliphatic hydroxyl groups is 1. The fourth-order valence-electron chi connectivity index (χ4n) is 1.67.